The molecule has 3 nitrogen and oxygen atoms in total. The summed E-state index contributed by atoms with van der Waals surface area (Å²) in [5, 5.41) is 2.98. The molecule has 0 atom stereocenters. The van der Waals surface area contributed by atoms with Gasteiger partial charge < -0.3 is 0 Å². The van der Waals surface area contributed by atoms with E-state index in [1.165, 1.54) is 0 Å². The molecule has 0 N–H and O–H groups in total. The smallest absolute Gasteiger partial charge is 0.119 e. The molecule has 0 aliphatic carbocycles. The highest BCUT2D eigenvalue weighted by molar-refractivity contribution is 8.30. The zero-order valence-corrected chi connectivity index (χ0v) is 7.52. The first-order chi connectivity index (χ1) is 4.54. The molecule has 0 aromatic heterocycles. The molecule has 0 aromatic rings. The zero-order chi connectivity index (χ0) is 7.78. The summed E-state index contributed by atoms with van der Waals surface area (Å²) in [4.78, 5) is 9.99. The minimum Gasteiger partial charge on any atom is -0.264 e. The van der Waals surface area contributed by atoms with Crippen LogP contribution in [0.3, 0.4) is 0 Å². The summed E-state index contributed by atoms with van der Waals surface area (Å²) >= 11 is 0. The molecule has 0 bridgehead atoms. The first-order valence-corrected chi connectivity index (χ1v) is 6.11. The molecule has 1 fully saturated rings. The Morgan fingerprint density at radius 3 is 2.20 bits per heavy atom. The second-order valence-corrected chi connectivity index (χ2v) is 7.44. The van der Waals surface area contributed by atoms with Crippen LogP contribution in [0.15, 0.2) is 5.18 Å². The van der Waals surface area contributed by atoms with Crippen LogP contribution in [0.25, 0.3) is 0 Å². The fourth-order valence-electron chi connectivity index (χ4n) is 0.931. The Morgan fingerprint density at radius 2 is 1.90 bits per heavy atom. The first-order valence-electron chi connectivity index (χ1n) is 3.30. The minimum absolute atomic E-state index is 0.0757. The lowest BCUT2D eigenvalue weighted by molar-refractivity contribution is 0.286. The van der Waals surface area contributed by atoms with Crippen LogP contribution < -0.4 is 0 Å². The molecule has 4 heteroatoms. The molecule has 0 radical (unpaired) electrons. The van der Waals surface area contributed by atoms with Crippen molar-refractivity contribution in [1.29, 1.82) is 0 Å². The standard InChI is InChI=1S/C6H14N2OS/c1-10(2,3)8-4-6(5-8)7-9/h6H,4-5H2,1-3H3. The van der Waals surface area contributed by atoms with Crippen molar-refractivity contribution in [3.8, 4) is 0 Å². The molecule has 0 aromatic carbocycles. The van der Waals surface area contributed by atoms with Gasteiger partial charge in [0.25, 0.3) is 0 Å². The third kappa shape index (κ3) is 1.49. The molecule has 1 rings (SSSR count). The monoisotopic (exact) mass is 162 g/mol. The Hall–Kier alpha value is -0.0900. The largest absolute Gasteiger partial charge is 0.264 e. The van der Waals surface area contributed by atoms with Crippen molar-refractivity contribution in [2.75, 3.05) is 31.9 Å². The van der Waals surface area contributed by atoms with Gasteiger partial charge in [-0.3, -0.25) is 4.31 Å². The molecular formula is C6H14N2OS. The summed E-state index contributed by atoms with van der Waals surface area (Å²) < 4.78 is 2.33. The van der Waals surface area contributed by atoms with E-state index in [1.54, 1.807) is 0 Å². The molecule has 60 valence electrons. The van der Waals surface area contributed by atoms with E-state index in [0.717, 1.165) is 13.1 Å². The molecule has 0 spiro atoms. The van der Waals surface area contributed by atoms with Gasteiger partial charge in [0, 0.05) is 13.1 Å². The highest BCUT2D eigenvalue weighted by atomic mass is 32.3. The Kier molecular flexibility index (Phi) is 2.01. The normalized spacial score (nSPS) is 23.9. The molecule has 0 saturated carbocycles. The van der Waals surface area contributed by atoms with Gasteiger partial charge in [-0.25, -0.2) is 0 Å². The number of nitrogens with zero attached hydrogens (tertiary/aromatic N) is 2. The third-order valence-electron chi connectivity index (χ3n) is 1.75. The van der Waals surface area contributed by atoms with Crippen LogP contribution in [0.5, 0.6) is 0 Å². The highest BCUT2D eigenvalue weighted by Gasteiger charge is 2.32. The maximum Gasteiger partial charge on any atom is 0.119 e. The summed E-state index contributed by atoms with van der Waals surface area (Å²) in [5.74, 6) is 0. The van der Waals surface area contributed by atoms with Crippen molar-refractivity contribution in [3.63, 3.8) is 0 Å². The SMILES string of the molecule is CS(C)(C)N1CC(N=O)C1. The van der Waals surface area contributed by atoms with Gasteiger partial charge in [0.1, 0.15) is 6.04 Å². The maximum absolute atomic E-state index is 9.99. The molecule has 0 unspecified atom stereocenters. The minimum atomic E-state index is -0.575. The van der Waals surface area contributed by atoms with Gasteiger partial charge in [0.15, 0.2) is 0 Å². The van der Waals surface area contributed by atoms with Crippen LogP contribution in [0.1, 0.15) is 0 Å². The van der Waals surface area contributed by atoms with E-state index in [0.29, 0.717) is 0 Å². The van der Waals surface area contributed by atoms with Crippen LogP contribution in [-0.2, 0) is 0 Å². The number of nitroso groups, excluding NO2 is 1. The Bertz CT molecular complexity index is 137. The number of hydrogen-bond acceptors (Lipinski definition) is 3. The number of hydrogen-bond donors (Lipinski definition) is 0. The van der Waals surface area contributed by atoms with Gasteiger partial charge >= 0.3 is 0 Å². The third-order valence-corrected chi connectivity index (χ3v) is 3.60. The zero-order valence-electron chi connectivity index (χ0n) is 6.70. The molecule has 10 heavy (non-hydrogen) atoms. The van der Waals surface area contributed by atoms with E-state index in [2.05, 4.69) is 28.2 Å². The summed E-state index contributed by atoms with van der Waals surface area (Å²) in [7, 11) is -0.575. The fraction of sp³-hybridized carbons (Fsp3) is 1.00. The quantitative estimate of drug-likeness (QED) is 0.568. The van der Waals surface area contributed by atoms with Crippen molar-refractivity contribution in [2.24, 2.45) is 5.18 Å². The van der Waals surface area contributed by atoms with Crippen molar-refractivity contribution in [3.05, 3.63) is 4.91 Å². The van der Waals surface area contributed by atoms with Crippen molar-refractivity contribution in [1.82, 2.24) is 4.31 Å². The molecule has 0 amide bonds. The van der Waals surface area contributed by atoms with Gasteiger partial charge in [0.2, 0.25) is 0 Å². The van der Waals surface area contributed by atoms with Gasteiger partial charge in [0.05, 0.1) is 0 Å². The molecule has 1 aliphatic heterocycles. The average molecular weight is 162 g/mol. The van der Waals surface area contributed by atoms with Gasteiger partial charge in [-0.2, -0.15) is 15.1 Å². The maximum atomic E-state index is 9.99. The Labute approximate surface area is 63.2 Å². The van der Waals surface area contributed by atoms with Crippen LogP contribution in [0.2, 0.25) is 0 Å². The second-order valence-electron chi connectivity index (χ2n) is 3.38. The molecule has 1 heterocycles. The van der Waals surface area contributed by atoms with E-state index in [9.17, 15) is 4.91 Å². The highest BCUT2D eigenvalue weighted by Crippen LogP contribution is 2.43. The van der Waals surface area contributed by atoms with Gasteiger partial charge in [-0.1, -0.05) is 5.18 Å². The number of rotatable bonds is 2. The predicted molar refractivity (Wildman–Crippen MR) is 46.5 cm³/mol. The van der Waals surface area contributed by atoms with Gasteiger partial charge in [-0.15, -0.1) is 0 Å². The molecular weight excluding hydrogens is 148 g/mol. The van der Waals surface area contributed by atoms with Crippen molar-refractivity contribution in [2.45, 2.75) is 6.04 Å². The van der Waals surface area contributed by atoms with E-state index in [1.807, 2.05) is 0 Å². The summed E-state index contributed by atoms with van der Waals surface area (Å²) in [5.41, 5.74) is 0. The summed E-state index contributed by atoms with van der Waals surface area (Å²) in [6.07, 6.45) is 6.69. The summed E-state index contributed by atoms with van der Waals surface area (Å²) in [6, 6.07) is 0.0757. The topological polar surface area (TPSA) is 32.7 Å². The van der Waals surface area contributed by atoms with Crippen LogP contribution in [0.4, 0.5) is 0 Å². The lowest BCUT2D eigenvalue weighted by Crippen LogP contribution is -2.49. The van der Waals surface area contributed by atoms with Gasteiger partial charge in [-0.05, 0) is 18.8 Å². The van der Waals surface area contributed by atoms with Crippen LogP contribution in [0, 0.1) is 4.91 Å². The summed E-state index contributed by atoms with van der Waals surface area (Å²) in [6.45, 7) is 1.75. The van der Waals surface area contributed by atoms with Crippen LogP contribution in [-0.4, -0.2) is 42.2 Å². The van der Waals surface area contributed by atoms with Crippen molar-refractivity contribution >= 4 is 10.2 Å². The lowest BCUT2D eigenvalue weighted by Gasteiger charge is -2.48. The van der Waals surface area contributed by atoms with E-state index in [4.69, 9.17) is 0 Å². The molecule has 1 aliphatic rings. The van der Waals surface area contributed by atoms with Crippen LogP contribution >= 0.6 is 10.2 Å². The fourth-order valence-corrected chi connectivity index (χ4v) is 2.17. The predicted octanol–water partition coefficient (Wildman–Crippen LogP) is 1.05. The van der Waals surface area contributed by atoms with Crippen molar-refractivity contribution < 1.29 is 0 Å². The second kappa shape index (κ2) is 2.51. The van der Waals surface area contributed by atoms with E-state index < -0.39 is 10.2 Å². The Morgan fingerprint density at radius 1 is 1.40 bits per heavy atom. The molecule has 1 saturated heterocycles. The Balaban J connectivity index is 2.32. The first kappa shape index (κ1) is 8.01. The average Bonchev–Trinajstić information content (AvgIpc) is 1.57. The van der Waals surface area contributed by atoms with E-state index in [-0.39, 0.29) is 6.04 Å². The van der Waals surface area contributed by atoms with E-state index >= 15 is 0 Å². The lowest BCUT2D eigenvalue weighted by atomic mass is 10.2.